The molecule has 0 atom stereocenters. The number of nitrogens with zero attached hydrogens (tertiary/aromatic N) is 1. The van der Waals surface area contributed by atoms with Crippen LogP contribution < -0.4 is 11.1 Å². The minimum absolute atomic E-state index is 0.205. The Hall–Kier alpha value is -3.09. The van der Waals surface area contributed by atoms with E-state index in [-0.39, 0.29) is 17.1 Å². The average Bonchev–Trinajstić information content (AvgIpc) is 2.47. The first-order valence-electron chi connectivity index (χ1n) is 5.90. The Kier molecular flexibility index (Phi) is 4.03. The number of benzene rings is 2. The van der Waals surface area contributed by atoms with Crippen LogP contribution in [0.5, 0.6) is 5.75 Å². The minimum atomic E-state index is -0.853. The first kappa shape index (κ1) is 14.3. The van der Waals surface area contributed by atoms with Gasteiger partial charge in [-0.3, -0.25) is 4.79 Å². The molecule has 108 valence electrons. The number of rotatable bonds is 3. The fourth-order valence-corrected chi connectivity index (χ4v) is 1.79. The maximum Gasteiger partial charge on any atom is 0.262 e. The van der Waals surface area contributed by atoms with Crippen molar-refractivity contribution in [1.29, 1.82) is 0 Å². The van der Waals surface area contributed by atoms with Gasteiger partial charge in [-0.15, -0.1) is 0 Å². The number of amides is 1. The van der Waals surface area contributed by atoms with Crippen LogP contribution >= 0.6 is 0 Å². The minimum Gasteiger partial charge on any atom is -0.507 e. The molecule has 6 nitrogen and oxygen atoms in total. The van der Waals surface area contributed by atoms with E-state index in [1.54, 1.807) is 12.1 Å². The van der Waals surface area contributed by atoms with Gasteiger partial charge >= 0.3 is 0 Å². The van der Waals surface area contributed by atoms with Crippen LogP contribution in [0.15, 0.2) is 47.6 Å². The summed E-state index contributed by atoms with van der Waals surface area (Å²) < 4.78 is 13.6. The van der Waals surface area contributed by atoms with E-state index in [4.69, 9.17) is 10.9 Å². The molecule has 0 spiro atoms. The van der Waals surface area contributed by atoms with Gasteiger partial charge in [0.05, 0.1) is 5.69 Å². The number of oxime groups is 1. The highest BCUT2D eigenvalue weighted by atomic mass is 19.1. The molecular formula is C14H12FN3O3. The molecule has 2 aromatic carbocycles. The largest absolute Gasteiger partial charge is 0.507 e. The van der Waals surface area contributed by atoms with E-state index in [1.165, 1.54) is 24.3 Å². The Morgan fingerprint density at radius 3 is 2.57 bits per heavy atom. The lowest BCUT2D eigenvalue weighted by molar-refractivity contribution is 0.102. The van der Waals surface area contributed by atoms with Crippen molar-refractivity contribution in [1.82, 2.24) is 0 Å². The summed E-state index contributed by atoms with van der Waals surface area (Å²) in [4.78, 5) is 12.1. The van der Waals surface area contributed by atoms with Crippen molar-refractivity contribution in [3.63, 3.8) is 0 Å². The molecule has 0 aliphatic carbocycles. The molecule has 0 heterocycles. The Morgan fingerprint density at radius 1 is 1.19 bits per heavy atom. The highest BCUT2D eigenvalue weighted by Gasteiger charge is 2.18. The van der Waals surface area contributed by atoms with Crippen LogP contribution in [0.25, 0.3) is 0 Å². The molecule has 0 saturated heterocycles. The molecule has 2 rings (SSSR count). The summed E-state index contributed by atoms with van der Waals surface area (Å²) in [5.41, 5.74) is 5.51. The summed E-state index contributed by atoms with van der Waals surface area (Å²) in [7, 11) is 0. The Balaban J connectivity index is 2.37. The third kappa shape index (κ3) is 2.92. The molecule has 0 radical (unpaired) electrons. The van der Waals surface area contributed by atoms with Gasteiger partial charge in [-0.1, -0.05) is 23.4 Å². The standard InChI is InChI=1S/C14H12FN3O3/c15-9-5-3-7-11(19)12(9)14(20)17-10-6-2-1-4-8(10)13(16)18-21/h1-7,19,21H,(H2,16,18)(H,17,20). The van der Waals surface area contributed by atoms with Gasteiger partial charge in [0.15, 0.2) is 5.84 Å². The number of halogens is 1. The van der Waals surface area contributed by atoms with E-state index >= 15 is 0 Å². The second-order valence-electron chi connectivity index (χ2n) is 4.12. The molecular weight excluding hydrogens is 277 g/mol. The molecule has 0 aliphatic rings. The lowest BCUT2D eigenvalue weighted by atomic mass is 10.1. The lowest BCUT2D eigenvalue weighted by Crippen LogP contribution is -2.19. The zero-order valence-electron chi connectivity index (χ0n) is 10.7. The number of carbonyl (C=O) groups is 1. The van der Waals surface area contributed by atoms with Crippen LogP contribution in [0.1, 0.15) is 15.9 Å². The molecule has 0 saturated carbocycles. The van der Waals surface area contributed by atoms with Crippen molar-refractivity contribution < 1.29 is 19.5 Å². The number of nitrogens with one attached hydrogen (secondary N) is 1. The molecule has 0 bridgehead atoms. The van der Waals surface area contributed by atoms with Crippen molar-refractivity contribution in [2.45, 2.75) is 0 Å². The van der Waals surface area contributed by atoms with E-state index in [1.807, 2.05) is 0 Å². The smallest absolute Gasteiger partial charge is 0.262 e. The summed E-state index contributed by atoms with van der Waals surface area (Å²) in [5, 5.41) is 23.5. The predicted molar refractivity (Wildman–Crippen MR) is 75.0 cm³/mol. The van der Waals surface area contributed by atoms with Crippen molar-refractivity contribution in [2.75, 3.05) is 5.32 Å². The summed E-state index contributed by atoms with van der Waals surface area (Å²) in [6.45, 7) is 0. The second kappa shape index (κ2) is 5.91. The number of carbonyl (C=O) groups excluding carboxylic acids is 1. The number of nitrogens with two attached hydrogens (primary N) is 1. The molecule has 5 N–H and O–H groups in total. The van der Waals surface area contributed by atoms with Crippen molar-refractivity contribution in [3.8, 4) is 5.75 Å². The zero-order valence-corrected chi connectivity index (χ0v) is 10.7. The van der Waals surface area contributed by atoms with E-state index in [9.17, 15) is 14.3 Å². The molecule has 2 aromatic rings. The predicted octanol–water partition coefficient (Wildman–Crippen LogP) is 1.88. The molecule has 21 heavy (non-hydrogen) atoms. The van der Waals surface area contributed by atoms with Crippen LogP contribution in [0.2, 0.25) is 0 Å². The molecule has 0 unspecified atom stereocenters. The number of anilines is 1. The van der Waals surface area contributed by atoms with Gasteiger partial charge < -0.3 is 21.4 Å². The summed E-state index contributed by atoms with van der Waals surface area (Å²) >= 11 is 0. The van der Waals surface area contributed by atoms with Gasteiger partial charge in [0.2, 0.25) is 0 Å². The molecule has 0 fully saturated rings. The summed E-state index contributed by atoms with van der Waals surface area (Å²) in [5.74, 6) is -2.38. The third-order valence-electron chi connectivity index (χ3n) is 2.78. The van der Waals surface area contributed by atoms with Crippen LogP contribution in [0, 0.1) is 5.82 Å². The summed E-state index contributed by atoms with van der Waals surface area (Å²) in [6, 6.07) is 9.81. The van der Waals surface area contributed by atoms with E-state index in [0.29, 0.717) is 0 Å². The topological polar surface area (TPSA) is 108 Å². The fourth-order valence-electron chi connectivity index (χ4n) is 1.79. The van der Waals surface area contributed by atoms with Gasteiger partial charge in [-0.2, -0.15) is 0 Å². The highest BCUT2D eigenvalue weighted by molar-refractivity contribution is 6.10. The van der Waals surface area contributed by atoms with Crippen molar-refractivity contribution in [2.24, 2.45) is 10.9 Å². The van der Waals surface area contributed by atoms with E-state index < -0.39 is 23.0 Å². The van der Waals surface area contributed by atoms with Gasteiger partial charge in [0, 0.05) is 5.56 Å². The van der Waals surface area contributed by atoms with Crippen molar-refractivity contribution >= 4 is 17.4 Å². The van der Waals surface area contributed by atoms with Gasteiger partial charge in [0.1, 0.15) is 17.1 Å². The third-order valence-corrected chi connectivity index (χ3v) is 2.78. The first-order chi connectivity index (χ1) is 10.0. The monoisotopic (exact) mass is 289 g/mol. The number of para-hydroxylation sites is 1. The number of amidine groups is 1. The highest BCUT2D eigenvalue weighted by Crippen LogP contribution is 2.22. The number of aromatic hydroxyl groups is 1. The average molecular weight is 289 g/mol. The summed E-state index contributed by atoms with van der Waals surface area (Å²) in [6.07, 6.45) is 0. The Morgan fingerprint density at radius 2 is 1.90 bits per heavy atom. The number of hydrogen-bond acceptors (Lipinski definition) is 4. The number of phenols is 1. The fraction of sp³-hybridized carbons (Fsp3) is 0. The Labute approximate surface area is 119 Å². The number of hydrogen-bond donors (Lipinski definition) is 4. The first-order valence-corrected chi connectivity index (χ1v) is 5.90. The van der Waals surface area contributed by atoms with Gasteiger partial charge in [-0.05, 0) is 24.3 Å². The lowest BCUT2D eigenvalue weighted by Gasteiger charge is -2.11. The Bertz CT molecular complexity index is 696. The quantitative estimate of drug-likeness (QED) is 0.299. The second-order valence-corrected chi connectivity index (χ2v) is 4.12. The van der Waals surface area contributed by atoms with Crippen LogP contribution in [-0.2, 0) is 0 Å². The number of phenolic OH excluding ortho intramolecular Hbond substituents is 1. The SMILES string of the molecule is N/C(=N/O)c1ccccc1NC(=O)c1c(O)cccc1F. The van der Waals surface area contributed by atoms with Crippen LogP contribution in [0.3, 0.4) is 0 Å². The molecule has 0 aromatic heterocycles. The van der Waals surface area contributed by atoms with Gasteiger partial charge in [-0.25, -0.2) is 4.39 Å². The van der Waals surface area contributed by atoms with Crippen LogP contribution in [-0.4, -0.2) is 22.1 Å². The molecule has 1 amide bonds. The normalized spacial score (nSPS) is 11.2. The van der Waals surface area contributed by atoms with Crippen molar-refractivity contribution in [3.05, 3.63) is 59.4 Å². The van der Waals surface area contributed by atoms with E-state index in [0.717, 1.165) is 6.07 Å². The maximum atomic E-state index is 13.6. The van der Waals surface area contributed by atoms with Crippen LogP contribution in [0.4, 0.5) is 10.1 Å². The zero-order chi connectivity index (χ0) is 15.4. The van der Waals surface area contributed by atoms with Gasteiger partial charge in [0.25, 0.3) is 5.91 Å². The van der Waals surface area contributed by atoms with E-state index in [2.05, 4.69) is 10.5 Å². The molecule has 7 heteroatoms. The maximum absolute atomic E-state index is 13.6. The molecule has 0 aliphatic heterocycles.